The first kappa shape index (κ1) is 20.8. The second-order valence-electron chi connectivity index (χ2n) is 7.80. The fraction of sp³-hybridized carbons (Fsp3) is 0.409. The van der Waals surface area contributed by atoms with E-state index in [0.717, 1.165) is 22.7 Å². The normalized spacial score (nSPS) is 17.5. The number of pyridine rings is 1. The van der Waals surface area contributed by atoms with Crippen molar-refractivity contribution in [3.05, 3.63) is 66.1 Å². The van der Waals surface area contributed by atoms with Crippen molar-refractivity contribution in [1.82, 2.24) is 18.0 Å². The summed E-state index contributed by atoms with van der Waals surface area (Å²) in [5.74, 6) is 0.752. The summed E-state index contributed by atoms with van der Waals surface area (Å²) in [6.07, 6.45) is 5.36. The summed E-state index contributed by atoms with van der Waals surface area (Å²) >= 11 is 0. The Kier molecular flexibility index (Phi) is 5.57. The lowest BCUT2D eigenvalue weighted by atomic mass is 9.71. The third kappa shape index (κ3) is 3.49. The Balaban J connectivity index is 1.78. The molecule has 1 fully saturated rings. The van der Waals surface area contributed by atoms with E-state index in [0.29, 0.717) is 32.5 Å². The maximum Gasteiger partial charge on any atom is 0.281 e. The Morgan fingerprint density at radius 3 is 2.43 bits per heavy atom. The maximum absolute atomic E-state index is 12.6. The van der Waals surface area contributed by atoms with Gasteiger partial charge in [0.2, 0.25) is 0 Å². The first-order valence-corrected chi connectivity index (χ1v) is 11.6. The lowest BCUT2D eigenvalue weighted by molar-refractivity contribution is 0.252. The van der Waals surface area contributed by atoms with Crippen LogP contribution in [-0.4, -0.2) is 60.2 Å². The molecule has 0 aliphatic carbocycles. The van der Waals surface area contributed by atoms with Gasteiger partial charge in [-0.3, -0.25) is 0 Å². The van der Waals surface area contributed by atoms with E-state index in [9.17, 15) is 8.42 Å². The average Bonchev–Trinajstić information content (AvgIpc) is 3.20. The lowest BCUT2D eigenvalue weighted by Crippen LogP contribution is -2.49. The van der Waals surface area contributed by atoms with Gasteiger partial charge in [0.05, 0.1) is 12.3 Å². The summed E-state index contributed by atoms with van der Waals surface area (Å²) in [7, 11) is -0.282. The van der Waals surface area contributed by atoms with E-state index in [4.69, 9.17) is 9.72 Å². The lowest BCUT2D eigenvalue weighted by Gasteiger charge is -2.41. The van der Waals surface area contributed by atoms with Crippen LogP contribution >= 0.6 is 0 Å². The quantitative estimate of drug-likeness (QED) is 0.606. The molecular formula is C22H28N4O3S. The molecule has 0 amide bonds. The van der Waals surface area contributed by atoms with Gasteiger partial charge < -0.3 is 9.14 Å². The van der Waals surface area contributed by atoms with Crippen LogP contribution in [0.5, 0.6) is 5.75 Å². The van der Waals surface area contributed by atoms with Gasteiger partial charge in [-0.25, -0.2) is 4.98 Å². The van der Waals surface area contributed by atoms with Gasteiger partial charge in [-0.2, -0.15) is 17.0 Å². The summed E-state index contributed by atoms with van der Waals surface area (Å²) in [4.78, 5) is 4.99. The number of aromatic nitrogens is 2. The van der Waals surface area contributed by atoms with Crippen LogP contribution in [0.2, 0.25) is 0 Å². The van der Waals surface area contributed by atoms with Gasteiger partial charge in [0, 0.05) is 45.0 Å². The molecule has 0 bridgehead atoms. The third-order valence-corrected chi connectivity index (χ3v) is 7.87. The number of nitrogens with zero attached hydrogens (tertiary/aromatic N) is 4. The van der Waals surface area contributed by atoms with E-state index in [2.05, 4.69) is 18.3 Å². The zero-order valence-corrected chi connectivity index (χ0v) is 18.5. The van der Waals surface area contributed by atoms with Crippen LogP contribution in [-0.2, 0) is 15.6 Å². The van der Waals surface area contributed by atoms with E-state index in [1.165, 1.54) is 4.31 Å². The molecule has 160 valence electrons. The van der Waals surface area contributed by atoms with Crippen LogP contribution < -0.4 is 4.74 Å². The van der Waals surface area contributed by atoms with Gasteiger partial charge in [-0.1, -0.05) is 30.3 Å². The van der Waals surface area contributed by atoms with Crippen LogP contribution in [0.3, 0.4) is 0 Å². The number of rotatable bonds is 6. The van der Waals surface area contributed by atoms with Crippen molar-refractivity contribution < 1.29 is 13.2 Å². The molecule has 1 aromatic carbocycles. The van der Waals surface area contributed by atoms with Gasteiger partial charge >= 0.3 is 0 Å². The van der Waals surface area contributed by atoms with E-state index in [-0.39, 0.29) is 5.41 Å². The molecule has 4 rings (SSSR count). The smallest absolute Gasteiger partial charge is 0.281 e. The molecule has 1 aliphatic heterocycles. The van der Waals surface area contributed by atoms with Crippen molar-refractivity contribution in [1.29, 1.82) is 0 Å². The number of benzene rings is 1. The molecule has 3 heterocycles. The summed E-state index contributed by atoms with van der Waals surface area (Å²) in [5, 5.41) is 0. The molecule has 1 saturated heterocycles. The van der Waals surface area contributed by atoms with E-state index < -0.39 is 10.2 Å². The minimum atomic E-state index is -3.43. The van der Waals surface area contributed by atoms with E-state index in [1.54, 1.807) is 18.4 Å². The van der Waals surface area contributed by atoms with Gasteiger partial charge in [0.15, 0.2) is 11.4 Å². The summed E-state index contributed by atoms with van der Waals surface area (Å²) in [6, 6.07) is 14.2. The van der Waals surface area contributed by atoms with E-state index in [1.807, 2.05) is 47.9 Å². The highest BCUT2D eigenvalue weighted by Crippen LogP contribution is 2.42. The fourth-order valence-electron chi connectivity index (χ4n) is 4.27. The van der Waals surface area contributed by atoms with Crippen LogP contribution in [0.15, 0.2) is 54.9 Å². The molecular weight excluding hydrogens is 400 g/mol. The highest BCUT2D eigenvalue weighted by atomic mass is 32.2. The van der Waals surface area contributed by atoms with Crippen LogP contribution in [0, 0.1) is 0 Å². The molecule has 0 unspecified atom stereocenters. The predicted molar refractivity (Wildman–Crippen MR) is 117 cm³/mol. The molecule has 2 aromatic heterocycles. The Labute approximate surface area is 178 Å². The van der Waals surface area contributed by atoms with Crippen molar-refractivity contribution in [2.75, 3.05) is 33.8 Å². The molecule has 0 radical (unpaired) electrons. The first-order chi connectivity index (χ1) is 14.4. The van der Waals surface area contributed by atoms with E-state index >= 15 is 0 Å². The SMILES string of the molecule is CCOc1cccn2cc(C3(c4ccccc4)CCN(S(=O)(=O)N(C)C)CC3)nc12. The van der Waals surface area contributed by atoms with Gasteiger partial charge in [-0.15, -0.1) is 0 Å². The van der Waals surface area contributed by atoms with Crippen LogP contribution in [0.1, 0.15) is 31.0 Å². The van der Waals surface area contributed by atoms with Gasteiger partial charge in [0.1, 0.15) is 0 Å². The van der Waals surface area contributed by atoms with Crippen LogP contribution in [0.4, 0.5) is 0 Å². The molecule has 3 aromatic rings. The molecule has 0 spiro atoms. The second kappa shape index (κ2) is 8.02. The highest BCUT2D eigenvalue weighted by Gasteiger charge is 2.42. The Morgan fingerprint density at radius 1 is 1.10 bits per heavy atom. The van der Waals surface area contributed by atoms with Crippen molar-refractivity contribution in [2.24, 2.45) is 0 Å². The number of fused-ring (bicyclic) bond motifs is 1. The number of ether oxygens (including phenoxy) is 1. The summed E-state index contributed by atoms with van der Waals surface area (Å²) in [6.45, 7) is 3.42. The molecule has 30 heavy (non-hydrogen) atoms. The number of hydrogen-bond acceptors (Lipinski definition) is 4. The maximum atomic E-state index is 12.6. The zero-order valence-electron chi connectivity index (χ0n) is 17.7. The first-order valence-electron chi connectivity index (χ1n) is 10.2. The Hall–Kier alpha value is -2.42. The molecule has 7 nitrogen and oxygen atoms in total. The number of hydrogen-bond donors (Lipinski definition) is 0. The second-order valence-corrected chi connectivity index (χ2v) is 9.94. The van der Waals surface area contributed by atoms with Crippen molar-refractivity contribution in [2.45, 2.75) is 25.2 Å². The average molecular weight is 429 g/mol. The van der Waals surface area contributed by atoms with Crippen molar-refractivity contribution in [3.63, 3.8) is 0 Å². The highest BCUT2D eigenvalue weighted by molar-refractivity contribution is 7.86. The number of piperidine rings is 1. The summed E-state index contributed by atoms with van der Waals surface area (Å²) < 4.78 is 35.9. The minimum absolute atomic E-state index is 0.352. The monoisotopic (exact) mass is 428 g/mol. The molecule has 8 heteroatoms. The van der Waals surface area contributed by atoms with Gasteiger partial charge in [0.25, 0.3) is 10.2 Å². The van der Waals surface area contributed by atoms with Gasteiger partial charge in [-0.05, 0) is 37.5 Å². The fourth-order valence-corrected chi connectivity index (χ4v) is 5.37. The molecule has 0 atom stereocenters. The van der Waals surface area contributed by atoms with Crippen LogP contribution in [0.25, 0.3) is 5.65 Å². The largest absolute Gasteiger partial charge is 0.490 e. The summed E-state index contributed by atoms with van der Waals surface area (Å²) in [5.41, 5.74) is 2.54. The molecule has 0 N–H and O–H groups in total. The van der Waals surface area contributed by atoms with Crippen molar-refractivity contribution in [3.8, 4) is 5.75 Å². The zero-order chi connectivity index (χ0) is 21.4. The molecule has 1 aliphatic rings. The minimum Gasteiger partial charge on any atom is -0.490 e. The molecule has 0 saturated carbocycles. The Morgan fingerprint density at radius 2 is 1.80 bits per heavy atom. The third-order valence-electron chi connectivity index (χ3n) is 5.93. The predicted octanol–water partition coefficient (Wildman–Crippen LogP) is 2.92. The van der Waals surface area contributed by atoms with Crippen molar-refractivity contribution >= 4 is 15.9 Å². The number of imidazole rings is 1. The standard InChI is InChI=1S/C22H28N4O3S/c1-4-29-19-11-8-14-25-17-20(23-21(19)25)22(18-9-6-5-7-10-18)12-15-26(16-13-22)30(27,28)24(2)3/h5-11,14,17H,4,12-13,15-16H2,1-3H3. The topological polar surface area (TPSA) is 67.2 Å². The Bertz CT molecular complexity index is 1120.